The fraction of sp³-hybridized carbons (Fsp3) is 0.355. The standard InChI is InChI=1S/C31H29F2N7O/c1-3-22-25(32)8-7-20-14-19(16-34)15-23(26(20)22)28-27(33)29-24(17-36-28)30(39(2)18-21-6-4-5-9-35-21)38-31(37-29)40-10-12-41-13-11-40/h1,7-8,14-15,17,21,35H,4-6,9-13,18H2,2H3/t21-/m0/s1. The predicted molar refractivity (Wildman–Crippen MR) is 155 cm³/mol. The lowest BCUT2D eigenvalue weighted by Crippen LogP contribution is -2.43. The Morgan fingerprint density at radius 3 is 2.76 bits per heavy atom. The van der Waals surface area contributed by atoms with Crippen molar-refractivity contribution in [1.29, 1.82) is 5.26 Å². The summed E-state index contributed by atoms with van der Waals surface area (Å²) < 4.78 is 36.9. The zero-order chi connectivity index (χ0) is 28.5. The van der Waals surface area contributed by atoms with Crippen molar-refractivity contribution in [1.82, 2.24) is 20.3 Å². The average Bonchev–Trinajstić information content (AvgIpc) is 3.01. The third kappa shape index (κ3) is 5.01. The van der Waals surface area contributed by atoms with Gasteiger partial charge in [0.1, 0.15) is 22.8 Å². The molecule has 0 radical (unpaired) electrons. The number of anilines is 2. The van der Waals surface area contributed by atoms with Crippen LogP contribution in [0.25, 0.3) is 32.9 Å². The first-order valence-corrected chi connectivity index (χ1v) is 13.7. The Labute approximate surface area is 237 Å². The second-order valence-electron chi connectivity index (χ2n) is 10.5. The van der Waals surface area contributed by atoms with E-state index in [0.717, 1.165) is 25.8 Å². The van der Waals surface area contributed by atoms with E-state index in [2.05, 4.69) is 27.3 Å². The minimum absolute atomic E-state index is 0.0135. The zero-order valence-electron chi connectivity index (χ0n) is 22.8. The summed E-state index contributed by atoms with van der Waals surface area (Å²) in [4.78, 5) is 18.1. The summed E-state index contributed by atoms with van der Waals surface area (Å²) >= 11 is 0. The van der Waals surface area contributed by atoms with Crippen LogP contribution in [0.15, 0.2) is 30.5 Å². The number of likely N-dealkylation sites (N-methyl/N-ethyl adjacent to an activating group) is 1. The lowest BCUT2D eigenvalue weighted by molar-refractivity contribution is 0.122. The number of nitrogens with one attached hydrogen (secondary N) is 1. The van der Waals surface area contributed by atoms with Gasteiger partial charge in [-0.3, -0.25) is 4.98 Å². The summed E-state index contributed by atoms with van der Waals surface area (Å²) in [5.74, 6) is 2.08. The Balaban J connectivity index is 1.56. The number of hydrogen-bond acceptors (Lipinski definition) is 8. The zero-order valence-corrected chi connectivity index (χ0v) is 22.8. The molecule has 2 aliphatic heterocycles. The summed E-state index contributed by atoms with van der Waals surface area (Å²) in [6.45, 7) is 3.87. The number of benzene rings is 2. The number of nitriles is 1. The molecule has 8 nitrogen and oxygen atoms in total. The van der Waals surface area contributed by atoms with E-state index >= 15 is 4.39 Å². The van der Waals surface area contributed by atoms with Crippen LogP contribution in [-0.2, 0) is 4.74 Å². The number of aromatic nitrogens is 3. The third-order valence-electron chi connectivity index (χ3n) is 7.81. The molecule has 2 aromatic carbocycles. The van der Waals surface area contributed by atoms with E-state index < -0.39 is 11.6 Å². The summed E-state index contributed by atoms with van der Waals surface area (Å²) in [7, 11) is 1.94. The molecule has 2 fully saturated rings. The van der Waals surface area contributed by atoms with Crippen LogP contribution >= 0.6 is 0 Å². The number of ether oxygens (including phenoxy) is 1. The molecule has 0 bridgehead atoms. The van der Waals surface area contributed by atoms with Crippen molar-refractivity contribution in [3.63, 3.8) is 0 Å². The molecule has 2 aliphatic rings. The number of hydrogen-bond donors (Lipinski definition) is 1. The Hall–Kier alpha value is -4.38. The summed E-state index contributed by atoms with van der Waals surface area (Å²) in [6, 6.07) is 8.26. The van der Waals surface area contributed by atoms with Gasteiger partial charge in [0.05, 0.1) is 35.8 Å². The van der Waals surface area contributed by atoms with Crippen LogP contribution < -0.4 is 15.1 Å². The Morgan fingerprint density at radius 2 is 2.02 bits per heavy atom. The highest BCUT2D eigenvalue weighted by Crippen LogP contribution is 2.37. The second kappa shape index (κ2) is 11.2. The van der Waals surface area contributed by atoms with Crippen molar-refractivity contribution in [2.24, 2.45) is 0 Å². The van der Waals surface area contributed by atoms with Gasteiger partial charge in [-0.25, -0.2) is 13.8 Å². The minimum Gasteiger partial charge on any atom is -0.378 e. The highest BCUT2D eigenvalue weighted by atomic mass is 19.1. The largest absolute Gasteiger partial charge is 0.378 e. The van der Waals surface area contributed by atoms with Crippen LogP contribution in [0.5, 0.6) is 0 Å². The van der Waals surface area contributed by atoms with Gasteiger partial charge in [0.15, 0.2) is 5.82 Å². The first-order chi connectivity index (χ1) is 20.0. The Kier molecular flexibility index (Phi) is 7.36. The number of nitrogens with zero attached hydrogens (tertiary/aromatic N) is 6. The molecular formula is C31H29F2N7O. The fourth-order valence-corrected chi connectivity index (χ4v) is 5.74. The first kappa shape index (κ1) is 26.8. The maximum absolute atomic E-state index is 16.6. The molecule has 6 rings (SSSR count). The molecule has 208 valence electrons. The molecule has 0 unspecified atom stereocenters. The van der Waals surface area contributed by atoms with Gasteiger partial charge >= 0.3 is 0 Å². The molecule has 0 spiro atoms. The van der Waals surface area contributed by atoms with Crippen LogP contribution in [0, 0.1) is 35.3 Å². The highest BCUT2D eigenvalue weighted by molar-refractivity contribution is 6.03. The molecular weight excluding hydrogens is 524 g/mol. The van der Waals surface area contributed by atoms with Gasteiger partial charge in [0.25, 0.3) is 0 Å². The van der Waals surface area contributed by atoms with Crippen LogP contribution in [-0.4, -0.2) is 67.4 Å². The summed E-state index contributed by atoms with van der Waals surface area (Å²) in [5, 5.41) is 14.5. The quantitative estimate of drug-likeness (QED) is 0.364. The average molecular weight is 554 g/mol. The van der Waals surface area contributed by atoms with Crippen molar-refractivity contribution in [2.75, 3.05) is 56.2 Å². The number of morpholine rings is 1. The van der Waals surface area contributed by atoms with E-state index in [9.17, 15) is 9.65 Å². The van der Waals surface area contributed by atoms with Gasteiger partial charge in [-0.05, 0) is 43.0 Å². The monoisotopic (exact) mass is 553 g/mol. The lowest BCUT2D eigenvalue weighted by Gasteiger charge is -2.31. The third-order valence-corrected chi connectivity index (χ3v) is 7.81. The van der Waals surface area contributed by atoms with E-state index in [-0.39, 0.29) is 27.9 Å². The lowest BCUT2D eigenvalue weighted by atomic mass is 9.94. The van der Waals surface area contributed by atoms with E-state index in [1.54, 1.807) is 12.3 Å². The topological polar surface area (TPSA) is 90.2 Å². The highest BCUT2D eigenvalue weighted by Gasteiger charge is 2.25. The maximum Gasteiger partial charge on any atom is 0.228 e. The van der Waals surface area contributed by atoms with Gasteiger partial charge in [-0.15, -0.1) is 6.42 Å². The Morgan fingerprint density at radius 1 is 1.20 bits per heavy atom. The number of terminal acetylenes is 1. The summed E-state index contributed by atoms with van der Waals surface area (Å²) in [6.07, 6.45) is 10.6. The molecule has 2 saturated heterocycles. The van der Waals surface area contributed by atoms with Crippen molar-refractivity contribution < 1.29 is 13.5 Å². The van der Waals surface area contributed by atoms with Gasteiger partial charge < -0.3 is 19.9 Å². The number of rotatable bonds is 5. The molecule has 1 N–H and O–H groups in total. The molecule has 41 heavy (non-hydrogen) atoms. The van der Waals surface area contributed by atoms with Crippen molar-refractivity contribution in [3.8, 4) is 29.7 Å². The van der Waals surface area contributed by atoms with Crippen LogP contribution in [0.3, 0.4) is 0 Å². The Bertz CT molecular complexity index is 1720. The maximum atomic E-state index is 16.6. The smallest absolute Gasteiger partial charge is 0.228 e. The van der Waals surface area contributed by atoms with Gasteiger partial charge in [0.2, 0.25) is 5.95 Å². The SMILES string of the molecule is C#Cc1c(F)ccc2cc(C#N)cc(-c3ncc4c(N(C)C[C@@H]5CCCCN5)nc(N5CCOCC5)nc4c3F)c12. The van der Waals surface area contributed by atoms with Crippen LogP contribution in [0.1, 0.15) is 30.4 Å². The predicted octanol–water partition coefficient (Wildman–Crippen LogP) is 4.39. The number of pyridine rings is 1. The first-order valence-electron chi connectivity index (χ1n) is 13.7. The second-order valence-corrected chi connectivity index (χ2v) is 10.5. The van der Waals surface area contributed by atoms with Gasteiger partial charge in [-0.1, -0.05) is 18.4 Å². The van der Waals surface area contributed by atoms with E-state index in [4.69, 9.17) is 16.1 Å². The van der Waals surface area contributed by atoms with E-state index in [0.29, 0.717) is 66.8 Å². The molecule has 0 aliphatic carbocycles. The molecule has 1 atom stereocenters. The van der Waals surface area contributed by atoms with E-state index in [1.807, 2.05) is 16.8 Å². The molecule has 0 amide bonds. The van der Waals surface area contributed by atoms with Crippen molar-refractivity contribution in [2.45, 2.75) is 25.3 Å². The summed E-state index contributed by atoms with van der Waals surface area (Å²) in [5.41, 5.74) is 0.537. The van der Waals surface area contributed by atoms with Crippen molar-refractivity contribution >= 4 is 33.4 Å². The molecule has 2 aromatic heterocycles. The molecule has 0 saturated carbocycles. The minimum atomic E-state index is -0.687. The normalized spacial score (nSPS) is 17.4. The number of piperidine rings is 1. The molecule has 4 aromatic rings. The van der Waals surface area contributed by atoms with Gasteiger partial charge in [0, 0.05) is 49.9 Å². The molecule has 4 heterocycles. The number of halogens is 2. The van der Waals surface area contributed by atoms with E-state index in [1.165, 1.54) is 18.2 Å². The fourth-order valence-electron chi connectivity index (χ4n) is 5.74. The number of fused-ring (bicyclic) bond motifs is 2. The molecule has 10 heteroatoms. The van der Waals surface area contributed by atoms with Gasteiger partial charge in [-0.2, -0.15) is 10.2 Å². The van der Waals surface area contributed by atoms with Crippen molar-refractivity contribution in [3.05, 3.63) is 53.2 Å². The van der Waals surface area contributed by atoms with Crippen LogP contribution in [0.2, 0.25) is 0 Å². The van der Waals surface area contributed by atoms with Crippen LogP contribution in [0.4, 0.5) is 20.5 Å².